The monoisotopic (exact) mass is 567 g/mol. The number of nitrogens with one attached hydrogen (secondary N) is 2. The van der Waals surface area contributed by atoms with Gasteiger partial charge in [0.1, 0.15) is 21.5 Å². The number of carbonyl (C=O) groups excluding carboxylic acids is 2. The van der Waals surface area contributed by atoms with Crippen LogP contribution in [0.1, 0.15) is 31.2 Å². The maximum absolute atomic E-state index is 13.3. The van der Waals surface area contributed by atoms with Gasteiger partial charge >= 0.3 is 6.56 Å². The minimum Gasteiger partial charge on any atom is -0.472 e. The highest BCUT2D eigenvalue weighted by molar-refractivity contribution is 8.18. The number of amides is 1. The molecule has 2 saturated carbocycles. The zero-order chi connectivity index (χ0) is 28.8. The van der Waals surface area contributed by atoms with Crippen LogP contribution < -0.4 is 15.4 Å². The van der Waals surface area contributed by atoms with Crippen LogP contribution in [0.25, 0.3) is 22.0 Å². The number of ether oxygens (including phenoxy) is 1. The third-order valence-electron chi connectivity index (χ3n) is 8.05. The van der Waals surface area contributed by atoms with E-state index in [4.69, 9.17) is 15.0 Å². The normalized spacial score (nSPS) is 25.2. The topological polar surface area (TPSA) is 138 Å². The van der Waals surface area contributed by atoms with Crippen LogP contribution in [0.5, 0.6) is 5.88 Å². The molecule has 6 rings (SSSR count). The summed E-state index contributed by atoms with van der Waals surface area (Å²) in [6.45, 7) is 4.94. The maximum atomic E-state index is 13.3. The first kappa shape index (κ1) is 27.2. The van der Waals surface area contributed by atoms with E-state index in [9.17, 15) is 18.0 Å². The number of hydrogen-bond donors (Lipinski definition) is 2. The van der Waals surface area contributed by atoms with Gasteiger partial charge in [-0.15, -0.1) is 6.58 Å². The number of fused-ring (bicyclic) bond motifs is 1. The van der Waals surface area contributed by atoms with Gasteiger partial charge in [0.15, 0.2) is 0 Å². The van der Waals surface area contributed by atoms with Crippen LogP contribution in [0.2, 0.25) is 0 Å². The zero-order valence-corrected chi connectivity index (χ0v) is 23.1. The van der Waals surface area contributed by atoms with E-state index in [1.807, 2.05) is 42.5 Å². The molecule has 0 spiro atoms. The van der Waals surface area contributed by atoms with Gasteiger partial charge < -0.3 is 20.2 Å². The lowest BCUT2D eigenvalue weighted by Crippen LogP contribution is -2.53. The number of nitriles is 1. The van der Waals surface area contributed by atoms with E-state index in [2.05, 4.69) is 23.3 Å². The van der Waals surface area contributed by atoms with Crippen molar-refractivity contribution in [1.29, 1.82) is 5.26 Å². The number of benzene rings is 2. The molecule has 2 N–H and O–H groups in total. The lowest BCUT2D eigenvalue weighted by Gasteiger charge is -2.20. The number of nitrogens with zero attached hydrogens (tertiary/aromatic N) is 2. The summed E-state index contributed by atoms with van der Waals surface area (Å²) in [4.78, 5) is 31.1. The van der Waals surface area contributed by atoms with Crippen molar-refractivity contribution >= 4 is 38.6 Å². The molecule has 2 aromatic carbocycles. The van der Waals surface area contributed by atoms with Crippen molar-refractivity contribution in [2.75, 3.05) is 6.54 Å². The predicted octanol–water partition coefficient (Wildman–Crippen LogP) is 2.67. The third kappa shape index (κ3) is 5.37. The molecule has 2 heterocycles. The molecule has 11 heteroatoms. The van der Waals surface area contributed by atoms with E-state index in [0.717, 1.165) is 22.9 Å². The van der Waals surface area contributed by atoms with Crippen molar-refractivity contribution in [3.63, 3.8) is 0 Å². The van der Waals surface area contributed by atoms with E-state index in [1.165, 1.54) is 0 Å². The van der Waals surface area contributed by atoms with Crippen LogP contribution in [0.15, 0.2) is 67.3 Å². The highest BCUT2D eigenvalue weighted by Crippen LogP contribution is 2.46. The molecule has 3 aromatic rings. The number of carbonyl (C=O) groups is 2. The highest BCUT2D eigenvalue weighted by Gasteiger charge is 2.61. The van der Waals surface area contributed by atoms with Crippen LogP contribution in [0.4, 0.5) is 0 Å². The number of aromatic nitrogens is 1. The summed E-state index contributed by atoms with van der Waals surface area (Å²) in [5, 5.41) is 16.4. The Bertz CT molecular complexity index is 1700. The molecule has 1 aromatic heterocycles. The van der Waals surface area contributed by atoms with Crippen molar-refractivity contribution in [2.45, 2.75) is 48.6 Å². The second-order valence-corrected chi connectivity index (χ2v) is 13.0. The van der Waals surface area contributed by atoms with Crippen molar-refractivity contribution < 1.29 is 22.7 Å². The minimum atomic E-state index is -3.62. The molecule has 1 amide bonds. The van der Waals surface area contributed by atoms with Gasteiger partial charge in [0.25, 0.3) is 0 Å². The van der Waals surface area contributed by atoms with Crippen LogP contribution in [0.3, 0.4) is 0 Å². The van der Waals surface area contributed by atoms with Gasteiger partial charge in [0.05, 0.1) is 34.2 Å². The van der Waals surface area contributed by atoms with Crippen LogP contribution in [0, 0.1) is 17.2 Å². The highest BCUT2D eigenvalue weighted by atomic mass is 32.2. The van der Waals surface area contributed by atoms with Crippen molar-refractivity contribution in [2.24, 2.45) is 5.92 Å². The molecule has 41 heavy (non-hydrogen) atoms. The van der Waals surface area contributed by atoms with Gasteiger partial charge in [0, 0.05) is 29.8 Å². The van der Waals surface area contributed by atoms with Gasteiger partial charge in [-0.3, -0.25) is 4.79 Å². The van der Waals surface area contributed by atoms with Crippen LogP contribution in [-0.4, -0.2) is 61.0 Å². The first-order valence-corrected chi connectivity index (χ1v) is 15.2. The second kappa shape index (κ2) is 10.4. The van der Waals surface area contributed by atoms with Crippen LogP contribution >= 0.6 is 0 Å². The van der Waals surface area contributed by atoms with Gasteiger partial charge in [-0.2, -0.15) is 5.26 Å². The Morgan fingerprint density at radius 1 is 1.20 bits per heavy atom. The molecule has 207 valence electrons. The lowest BCUT2D eigenvalue weighted by molar-refractivity contribution is -0.127. The summed E-state index contributed by atoms with van der Waals surface area (Å²) in [6, 6.07) is 18.4. The predicted molar refractivity (Wildman–Crippen MR) is 155 cm³/mol. The summed E-state index contributed by atoms with van der Waals surface area (Å²) in [7, 11) is -3.62. The van der Waals surface area contributed by atoms with E-state index < -0.39 is 32.2 Å². The minimum absolute atomic E-state index is 0.321. The molecular formula is C30H28BN4O5S. The molecule has 1 unspecified atom stereocenters. The first-order chi connectivity index (χ1) is 19.7. The SMILES string of the molecule is C=C[C@@H]1C[C@]1(NC(=O)C1C[C@@H](Oc2nc(-c3ccc(C#N)cc3)cc3ccccc23)CN1)C(=O)[B]S(=O)(=O)C1CC1. The molecule has 1 radical (unpaired) electrons. The standard InChI is InChI=1S/C30H28BN4O5S/c1-2-21-15-30(21,29(37)31-41(38,39)23-11-12-23)35-27(36)26-14-22(17-33-26)40-28-24-6-4-3-5-20(24)13-25(34-28)19-9-7-18(16-32)8-10-19/h2-10,13,21-23,26,33H,1,11-12,14-15,17H2,(H,35,36)/t21-,22-,26?,30-/m1/s1. The van der Waals surface area contributed by atoms with Crippen LogP contribution in [-0.2, 0) is 19.3 Å². The summed E-state index contributed by atoms with van der Waals surface area (Å²) in [5.41, 5.74) is 0.241. The molecule has 9 nitrogen and oxygen atoms in total. The Balaban J connectivity index is 1.16. The summed E-state index contributed by atoms with van der Waals surface area (Å²) < 4.78 is 31.1. The fourth-order valence-electron chi connectivity index (χ4n) is 5.39. The molecule has 0 bridgehead atoms. The van der Waals surface area contributed by atoms with E-state index >= 15 is 0 Å². The van der Waals surface area contributed by atoms with Gasteiger partial charge in [-0.05, 0) is 48.9 Å². The van der Waals surface area contributed by atoms with E-state index in [-0.39, 0.29) is 17.9 Å². The molecule has 1 saturated heterocycles. The molecule has 2 aliphatic carbocycles. The Kier molecular flexibility index (Phi) is 6.92. The van der Waals surface area contributed by atoms with Gasteiger partial charge in [-0.1, -0.05) is 36.4 Å². The molecule has 4 atom stereocenters. The Hall–Kier alpha value is -4.01. The van der Waals surface area contributed by atoms with Crippen molar-refractivity contribution in [3.8, 4) is 23.2 Å². The fraction of sp³-hybridized carbons (Fsp3) is 0.333. The fourth-order valence-corrected chi connectivity index (χ4v) is 6.88. The lowest BCUT2D eigenvalue weighted by atomic mass is 9.89. The molecule has 3 aliphatic rings. The molecule has 3 fully saturated rings. The second-order valence-electron chi connectivity index (χ2n) is 10.9. The quantitative estimate of drug-likeness (QED) is 0.282. The average Bonchev–Trinajstić information content (AvgIpc) is 3.90. The summed E-state index contributed by atoms with van der Waals surface area (Å²) in [6.07, 6.45) is 3.01. The molecule has 1 aliphatic heterocycles. The van der Waals surface area contributed by atoms with Gasteiger partial charge in [-0.25, -0.2) is 13.4 Å². The summed E-state index contributed by atoms with van der Waals surface area (Å²) in [5.74, 6) is -0.260. The summed E-state index contributed by atoms with van der Waals surface area (Å²) >= 11 is 0. The zero-order valence-electron chi connectivity index (χ0n) is 22.2. The number of hydrogen-bond acceptors (Lipinski definition) is 8. The van der Waals surface area contributed by atoms with Gasteiger partial charge in [0.2, 0.25) is 11.8 Å². The van der Waals surface area contributed by atoms with E-state index in [0.29, 0.717) is 49.4 Å². The Morgan fingerprint density at radius 2 is 1.95 bits per heavy atom. The number of rotatable bonds is 10. The maximum Gasteiger partial charge on any atom is 0.368 e. The first-order valence-electron chi connectivity index (χ1n) is 13.6. The largest absolute Gasteiger partial charge is 0.472 e. The molecular weight excluding hydrogens is 539 g/mol. The Labute approximate surface area is 239 Å². The Morgan fingerprint density at radius 3 is 2.63 bits per heavy atom. The number of pyridine rings is 1. The third-order valence-corrected chi connectivity index (χ3v) is 9.99. The smallest absolute Gasteiger partial charge is 0.368 e. The van der Waals surface area contributed by atoms with E-state index in [1.54, 1.807) is 18.2 Å². The van der Waals surface area contributed by atoms with Crippen molar-refractivity contribution in [1.82, 2.24) is 15.6 Å². The van der Waals surface area contributed by atoms with Crippen molar-refractivity contribution in [3.05, 3.63) is 72.8 Å². The average molecular weight is 567 g/mol.